The van der Waals surface area contributed by atoms with Crippen molar-refractivity contribution in [2.24, 2.45) is 10.9 Å². The van der Waals surface area contributed by atoms with Crippen LogP contribution in [0.2, 0.25) is 0 Å². The van der Waals surface area contributed by atoms with E-state index in [9.17, 15) is 9.59 Å². The molecular formula is C14H15N5O3S. The van der Waals surface area contributed by atoms with Gasteiger partial charge >= 0.3 is 0 Å². The summed E-state index contributed by atoms with van der Waals surface area (Å²) in [4.78, 5) is 34.6. The monoisotopic (exact) mass is 333 g/mol. The Bertz CT molecular complexity index is 729. The number of oxime groups is 1. The van der Waals surface area contributed by atoms with E-state index >= 15 is 0 Å². The molecule has 0 unspecified atom stereocenters. The second-order valence-corrected chi connectivity index (χ2v) is 5.16. The lowest BCUT2D eigenvalue weighted by Crippen LogP contribution is -2.45. The molecule has 1 heterocycles. The van der Waals surface area contributed by atoms with Crippen molar-refractivity contribution in [2.45, 2.75) is 0 Å². The van der Waals surface area contributed by atoms with E-state index in [-0.39, 0.29) is 23.1 Å². The van der Waals surface area contributed by atoms with Crippen molar-refractivity contribution < 1.29 is 14.4 Å². The van der Waals surface area contributed by atoms with Gasteiger partial charge in [-0.2, -0.15) is 0 Å². The summed E-state index contributed by atoms with van der Waals surface area (Å²) in [5.41, 5.74) is 11.5. The maximum absolute atomic E-state index is 12.8. The van der Waals surface area contributed by atoms with E-state index in [0.29, 0.717) is 5.69 Å². The van der Waals surface area contributed by atoms with Gasteiger partial charge in [0.1, 0.15) is 12.8 Å². The molecule has 8 nitrogen and oxygen atoms in total. The Balaban J connectivity index is 2.46. The van der Waals surface area contributed by atoms with Crippen LogP contribution < -0.4 is 16.4 Å². The molecule has 2 aromatic rings. The molecule has 0 spiro atoms. The molecule has 0 saturated heterocycles. The van der Waals surface area contributed by atoms with Gasteiger partial charge in [0.15, 0.2) is 10.8 Å². The lowest BCUT2D eigenvalue weighted by atomic mass is 10.2. The summed E-state index contributed by atoms with van der Waals surface area (Å²) in [6, 6.07) is 8.40. The van der Waals surface area contributed by atoms with E-state index in [1.807, 2.05) is 0 Å². The van der Waals surface area contributed by atoms with Gasteiger partial charge in [0.25, 0.3) is 5.91 Å². The number of thiazole rings is 1. The summed E-state index contributed by atoms with van der Waals surface area (Å²) in [5, 5.41) is 5.52. The molecule has 0 aliphatic rings. The average Bonchev–Trinajstić information content (AvgIpc) is 2.99. The lowest BCUT2D eigenvalue weighted by Gasteiger charge is -2.20. The second-order valence-electron chi connectivity index (χ2n) is 4.27. The van der Waals surface area contributed by atoms with Crippen molar-refractivity contribution in [3.63, 3.8) is 0 Å². The minimum Gasteiger partial charge on any atom is -0.398 e. The Kier molecular flexibility index (Phi) is 5.39. The number of amides is 2. The molecule has 120 valence electrons. The number of imide groups is 1. The SMILES string of the molecule is CON=C(C(=O)N(C(=O)CN)c1ccccc1)c1csc(N)n1. The first-order valence-corrected chi connectivity index (χ1v) is 7.41. The van der Waals surface area contributed by atoms with Crippen LogP contribution in [-0.4, -0.2) is 36.2 Å². The zero-order valence-electron chi connectivity index (χ0n) is 12.3. The number of hydrogen-bond donors (Lipinski definition) is 2. The zero-order chi connectivity index (χ0) is 16.8. The third-order valence-corrected chi connectivity index (χ3v) is 3.47. The van der Waals surface area contributed by atoms with Crippen LogP contribution in [0.5, 0.6) is 0 Å². The number of carbonyl (C=O) groups excluding carboxylic acids is 2. The molecule has 1 aromatic carbocycles. The number of benzene rings is 1. The van der Waals surface area contributed by atoms with Gasteiger partial charge in [0.05, 0.1) is 12.2 Å². The van der Waals surface area contributed by atoms with E-state index in [1.54, 1.807) is 35.7 Å². The highest BCUT2D eigenvalue weighted by Crippen LogP contribution is 2.18. The smallest absolute Gasteiger partial charge is 0.289 e. The predicted octanol–water partition coefficient (Wildman–Crippen LogP) is 0.594. The van der Waals surface area contributed by atoms with Crippen molar-refractivity contribution in [3.05, 3.63) is 41.4 Å². The molecule has 0 saturated carbocycles. The summed E-state index contributed by atoms with van der Waals surface area (Å²) in [6.45, 7) is -0.333. The topological polar surface area (TPSA) is 124 Å². The van der Waals surface area contributed by atoms with Crippen LogP contribution in [0.25, 0.3) is 0 Å². The van der Waals surface area contributed by atoms with Crippen molar-refractivity contribution in [1.82, 2.24) is 4.98 Å². The third kappa shape index (κ3) is 3.71. The fraction of sp³-hybridized carbons (Fsp3) is 0.143. The van der Waals surface area contributed by atoms with E-state index in [4.69, 9.17) is 16.3 Å². The average molecular weight is 333 g/mol. The second kappa shape index (κ2) is 7.47. The first-order chi connectivity index (χ1) is 11.1. The first kappa shape index (κ1) is 16.6. The van der Waals surface area contributed by atoms with Crippen molar-refractivity contribution in [2.75, 3.05) is 24.3 Å². The van der Waals surface area contributed by atoms with Crippen LogP contribution in [0, 0.1) is 0 Å². The van der Waals surface area contributed by atoms with Gasteiger partial charge < -0.3 is 16.3 Å². The van der Waals surface area contributed by atoms with Gasteiger partial charge in [-0.05, 0) is 12.1 Å². The number of nitrogens with zero attached hydrogens (tertiary/aromatic N) is 3. The normalized spacial score (nSPS) is 11.1. The summed E-state index contributed by atoms with van der Waals surface area (Å²) in [5.74, 6) is -1.27. The molecule has 4 N–H and O–H groups in total. The van der Waals surface area contributed by atoms with Crippen LogP contribution >= 0.6 is 11.3 Å². The molecule has 0 aliphatic heterocycles. The first-order valence-electron chi connectivity index (χ1n) is 6.53. The maximum atomic E-state index is 12.8. The summed E-state index contributed by atoms with van der Waals surface area (Å²) in [6.07, 6.45) is 0. The van der Waals surface area contributed by atoms with Gasteiger partial charge in [-0.1, -0.05) is 23.4 Å². The Hall–Kier alpha value is -2.78. The van der Waals surface area contributed by atoms with E-state index in [1.165, 1.54) is 7.11 Å². The summed E-state index contributed by atoms with van der Waals surface area (Å²) in [7, 11) is 1.29. The van der Waals surface area contributed by atoms with Gasteiger partial charge in [-0.15, -0.1) is 11.3 Å². The number of rotatable bonds is 5. The molecule has 2 rings (SSSR count). The fourth-order valence-electron chi connectivity index (χ4n) is 1.83. The lowest BCUT2D eigenvalue weighted by molar-refractivity contribution is -0.122. The molecule has 0 atom stereocenters. The largest absolute Gasteiger partial charge is 0.398 e. The zero-order valence-corrected chi connectivity index (χ0v) is 13.1. The summed E-state index contributed by atoms with van der Waals surface area (Å²) < 4.78 is 0. The van der Waals surface area contributed by atoms with Crippen LogP contribution in [-0.2, 0) is 14.4 Å². The van der Waals surface area contributed by atoms with E-state index in [0.717, 1.165) is 16.2 Å². The standard InChI is InChI=1S/C14H15N5O3S/c1-22-18-12(10-8-23-14(16)17-10)13(21)19(11(20)7-15)9-5-3-2-4-6-9/h2-6,8H,7,15H2,1H3,(H2,16,17). The predicted molar refractivity (Wildman–Crippen MR) is 88.1 cm³/mol. The number of hydrogen-bond acceptors (Lipinski definition) is 8. The molecule has 23 heavy (non-hydrogen) atoms. The van der Waals surface area contributed by atoms with Crippen molar-refractivity contribution >= 4 is 39.7 Å². The maximum Gasteiger partial charge on any atom is 0.289 e. The molecule has 0 aliphatic carbocycles. The number of anilines is 2. The molecule has 2 amide bonds. The van der Waals surface area contributed by atoms with Gasteiger partial charge in [0.2, 0.25) is 5.91 Å². The van der Waals surface area contributed by atoms with Crippen LogP contribution in [0.15, 0.2) is 40.9 Å². The highest BCUT2D eigenvalue weighted by atomic mass is 32.1. The Morgan fingerprint density at radius 2 is 2.04 bits per heavy atom. The third-order valence-electron chi connectivity index (χ3n) is 2.79. The number of para-hydroxylation sites is 1. The number of nitrogen functional groups attached to an aromatic ring is 1. The number of nitrogens with two attached hydrogens (primary N) is 2. The van der Waals surface area contributed by atoms with Crippen molar-refractivity contribution in [3.8, 4) is 0 Å². The van der Waals surface area contributed by atoms with Gasteiger partial charge in [-0.25, -0.2) is 9.88 Å². The van der Waals surface area contributed by atoms with E-state index < -0.39 is 11.8 Å². The highest BCUT2D eigenvalue weighted by Gasteiger charge is 2.29. The minimum atomic E-state index is -0.696. The van der Waals surface area contributed by atoms with Crippen LogP contribution in [0.4, 0.5) is 10.8 Å². The van der Waals surface area contributed by atoms with Crippen LogP contribution in [0.3, 0.4) is 0 Å². The highest BCUT2D eigenvalue weighted by molar-refractivity contribution is 7.13. The van der Waals surface area contributed by atoms with Gasteiger partial charge in [0, 0.05) is 5.38 Å². The Labute approximate surface area is 136 Å². The number of aromatic nitrogens is 1. The molecule has 9 heteroatoms. The quantitative estimate of drug-likeness (QED) is 0.610. The molecule has 0 radical (unpaired) electrons. The van der Waals surface area contributed by atoms with Crippen LogP contribution in [0.1, 0.15) is 5.69 Å². The fourth-order valence-corrected chi connectivity index (χ4v) is 2.38. The Morgan fingerprint density at radius 1 is 1.35 bits per heavy atom. The Morgan fingerprint density at radius 3 is 2.57 bits per heavy atom. The molecule has 1 aromatic heterocycles. The van der Waals surface area contributed by atoms with E-state index in [2.05, 4.69) is 10.1 Å². The molecule has 0 bridgehead atoms. The van der Waals surface area contributed by atoms with Gasteiger partial charge in [-0.3, -0.25) is 9.59 Å². The minimum absolute atomic E-state index is 0.133. The molecular weight excluding hydrogens is 318 g/mol. The number of carbonyl (C=O) groups is 2. The summed E-state index contributed by atoms with van der Waals surface area (Å²) >= 11 is 1.15. The molecule has 0 fully saturated rings. The van der Waals surface area contributed by atoms with Crippen molar-refractivity contribution in [1.29, 1.82) is 0 Å².